The van der Waals surface area contributed by atoms with Gasteiger partial charge in [-0.25, -0.2) is 5.43 Å². The maximum atomic E-state index is 12.9. The predicted octanol–water partition coefficient (Wildman–Crippen LogP) is 5.14. The van der Waals surface area contributed by atoms with Crippen molar-refractivity contribution in [2.45, 2.75) is 6.18 Å². The molecule has 136 valence electrons. The molecule has 0 heterocycles. The topological polar surface area (TPSA) is 41.5 Å². The van der Waals surface area contributed by atoms with E-state index < -0.39 is 17.6 Å². The average Bonchev–Trinajstić information content (AvgIpc) is 2.68. The molecule has 1 N–H and O–H groups in total. The number of carbonyl (C=O) groups excluding carboxylic acids is 1. The van der Waals surface area contributed by atoms with Crippen molar-refractivity contribution in [2.75, 3.05) is 0 Å². The molecule has 0 bridgehead atoms. The molecule has 6 heteroatoms. The second-order valence-corrected chi connectivity index (χ2v) is 5.73. The van der Waals surface area contributed by atoms with Gasteiger partial charge in [-0.1, -0.05) is 60.7 Å². The highest BCUT2D eigenvalue weighted by Gasteiger charge is 2.32. The average molecular weight is 368 g/mol. The van der Waals surface area contributed by atoms with Crippen molar-refractivity contribution in [2.24, 2.45) is 5.10 Å². The third-order valence-electron chi connectivity index (χ3n) is 3.89. The van der Waals surface area contributed by atoms with Crippen molar-refractivity contribution in [3.05, 3.63) is 95.6 Å². The number of hydrazone groups is 1. The lowest BCUT2D eigenvalue weighted by Crippen LogP contribution is -2.18. The van der Waals surface area contributed by atoms with Crippen LogP contribution in [0.15, 0.2) is 84.0 Å². The van der Waals surface area contributed by atoms with E-state index in [-0.39, 0.29) is 5.56 Å². The number of carbonyl (C=O) groups is 1. The van der Waals surface area contributed by atoms with Gasteiger partial charge in [-0.3, -0.25) is 4.79 Å². The maximum absolute atomic E-state index is 12.9. The number of amides is 1. The highest BCUT2D eigenvalue weighted by atomic mass is 19.4. The van der Waals surface area contributed by atoms with Gasteiger partial charge in [-0.15, -0.1) is 0 Å². The minimum Gasteiger partial charge on any atom is -0.267 e. The second-order valence-electron chi connectivity index (χ2n) is 5.73. The normalized spacial score (nSPS) is 11.5. The van der Waals surface area contributed by atoms with Crippen LogP contribution in [0.2, 0.25) is 0 Å². The zero-order chi connectivity index (χ0) is 19.3. The molecule has 3 aromatic rings. The summed E-state index contributed by atoms with van der Waals surface area (Å²) in [6.45, 7) is 0. The van der Waals surface area contributed by atoms with Crippen LogP contribution in [0.5, 0.6) is 0 Å². The number of benzene rings is 3. The van der Waals surface area contributed by atoms with Crippen LogP contribution in [0.3, 0.4) is 0 Å². The van der Waals surface area contributed by atoms with E-state index in [1.165, 1.54) is 18.2 Å². The molecule has 27 heavy (non-hydrogen) atoms. The fourth-order valence-corrected chi connectivity index (χ4v) is 2.54. The number of hydrogen-bond donors (Lipinski definition) is 1. The SMILES string of the molecule is O=C(NN=Cc1ccccc1C(F)(F)F)c1ccc(-c2ccccc2)cc1. The van der Waals surface area contributed by atoms with Gasteiger partial charge in [0.25, 0.3) is 5.91 Å². The van der Waals surface area contributed by atoms with Crippen molar-refractivity contribution >= 4 is 12.1 Å². The van der Waals surface area contributed by atoms with E-state index in [1.807, 2.05) is 30.3 Å². The van der Waals surface area contributed by atoms with Gasteiger partial charge in [0.2, 0.25) is 0 Å². The van der Waals surface area contributed by atoms with E-state index >= 15 is 0 Å². The molecule has 0 aliphatic rings. The number of halogens is 3. The molecule has 0 aliphatic heterocycles. The minimum absolute atomic E-state index is 0.121. The van der Waals surface area contributed by atoms with Gasteiger partial charge < -0.3 is 0 Å². The van der Waals surface area contributed by atoms with Crippen LogP contribution in [0, 0.1) is 0 Å². The molecule has 0 fully saturated rings. The maximum Gasteiger partial charge on any atom is 0.417 e. The highest BCUT2D eigenvalue weighted by Crippen LogP contribution is 2.31. The summed E-state index contributed by atoms with van der Waals surface area (Å²) >= 11 is 0. The minimum atomic E-state index is -4.49. The number of nitrogens with one attached hydrogen (secondary N) is 1. The summed E-state index contributed by atoms with van der Waals surface area (Å²) in [5.41, 5.74) is 3.65. The summed E-state index contributed by atoms with van der Waals surface area (Å²) in [4.78, 5) is 12.1. The van der Waals surface area contributed by atoms with Gasteiger partial charge in [0.05, 0.1) is 11.8 Å². The van der Waals surface area contributed by atoms with Gasteiger partial charge in [0.15, 0.2) is 0 Å². The number of alkyl halides is 3. The smallest absolute Gasteiger partial charge is 0.267 e. The molecule has 0 saturated heterocycles. The lowest BCUT2D eigenvalue weighted by Gasteiger charge is -2.09. The first kappa shape index (κ1) is 18.4. The fraction of sp³-hybridized carbons (Fsp3) is 0.0476. The zero-order valence-corrected chi connectivity index (χ0v) is 14.1. The lowest BCUT2D eigenvalue weighted by atomic mass is 10.0. The number of hydrogen-bond acceptors (Lipinski definition) is 2. The first-order chi connectivity index (χ1) is 12.9. The summed E-state index contributed by atoms with van der Waals surface area (Å²) in [7, 11) is 0. The molecule has 0 spiro atoms. The zero-order valence-electron chi connectivity index (χ0n) is 14.1. The van der Waals surface area contributed by atoms with Crippen molar-refractivity contribution in [1.29, 1.82) is 0 Å². The molecule has 3 aromatic carbocycles. The Morgan fingerprint density at radius 3 is 2.07 bits per heavy atom. The van der Waals surface area contributed by atoms with E-state index in [2.05, 4.69) is 10.5 Å². The van der Waals surface area contributed by atoms with E-state index in [9.17, 15) is 18.0 Å². The van der Waals surface area contributed by atoms with Crippen LogP contribution in [-0.2, 0) is 6.18 Å². The Kier molecular flexibility index (Phi) is 5.35. The fourth-order valence-electron chi connectivity index (χ4n) is 2.54. The first-order valence-corrected chi connectivity index (χ1v) is 8.10. The Bertz CT molecular complexity index is 949. The van der Waals surface area contributed by atoms with Crippen LogP contribution in [0.4, 0.5) is 13.2 Å². The third kappa shape index (κ3) is 4.61. The van der Waals surface area contributed by atoms with E-state index in [0.717, 1.165) is 23.4 Å². The van der Waals surface area contributed by atoms with Gasteiger partial charge in [0, 0.05) is 11.1 Å². The first-order valence-electron chi connectivity index (χ1n) is 8.10. The van der Waals surface area contributed by atoms with Crippen molar-refractivity contribution in [1.82, 2.24) is 5.43 Å². The Hall–Kier alpha value is -3.41. The van der Waals surface area contributed by atoms with Crippen LogP contribution in [0.1, 0.15) is 21.5 Å². The van der Waals surface area contributed by atoms with Gasteiger partial charge in [-0.2, -0.15) is 18.3 Å². The molecule has 0 radical (unpaired) electrons. The van der Waals surface area contributed by atoms with Crippen molar-refractivity contribution in [3.63, 3.8) is 0 Å². The molecule has 3 nitrogen and oxygen atoms in total. The Morgan fingerprint density at radius 1 is 0.815 bits per heavy atom. The molecule has 0 atom stereocenters. The molecule has 0 unspecified atom stereocenters. The summed E-state index contributed by atoms with van der Waals surface area (Å²) in [6, 6.07) is 21.6. The molecule has 0 saturated carbocycles. The quantitative estimate of drug-likeness (QED) is 0.503. The molecule has 1 amide bonds. The highest BCUT2D eigenvalue weighted by molar-refractivity contribution is 5.95. The lowest BCUT2D eigenvalue weighted by molar-refractivity contribution is -0.137. The molecule has 3 rings (SSSR count). The van der Waals surface area contributed by atoms with Crippen LogP contribution >= 0.6 is 0 Å². The van der Waals surface area contributed by atoms with Crippen LogP contribution < -0.4 is 5.43 Å². The molecular weight excluding hydrogens is 353 g/mol. The van der Waals surface area contributed by atoms with Crippen LogP contribution in [0.25, 0.3) is 11.1 Å². The van der Waals surface area contributed by atoms with E-state index in [1.54, 1.807) is 24.3 Å². The summed E-state index contributed by atoms with van der Waals surface area (Å²) in [5.74, 6) is -0.504. The van der Waals surface area contributed by atoms with Gasteiger partial charge in [0.1, 0.15) is 0 Å². The van der Waals surface area contributed by atoms with E-state index in [0.29, 0.717) is 5.56 Å². The Balaban J connectivity index is 1.69. The largest absolute Gasteiger partial charge is 0.417 e. The third-order valence-corrected chi connectivity index (χ3v) is 3.89. The summed E-state index contributed by atoms with van der Waals surface area (Å²) in [6.07, 6.45) is -3.50. The number of rotatable bonds is 4. The summed E-state index contributed by atoms with van der Waals surface area (Å²) in [5, 5.41) is 3.65. The van der Waals surface area contributed by atoms with E-state index in [4.69, 9.17) is 0 Å². The summed E-state index contributed by atoms with van der Waals surface area (Å²) < 4.78 is 38.8. The molecule has 0 aliphatic carbocycles. The number of nitrogens with zero attached hydrogens (tertiary/aromatic N) is 1. The second kappa shape index (κ2) is 7.86. The van der Waals surface area contributed by atoms with Crippen molar-refractivity contribution < 1.29 is 18.0 Å². The van der Waals surface area contributed by atoms with Crippen molar-refractivity contribution in [3.8, 4) is 11.1 Å². The molecule has 0 aromatic heterocycles. The standard InChI is InChI=1S/C21H15F3N2O/c22-21(23,24)19-9-5-4-8-18(19)14-25-26-20(27)17-12-10-16(11-13-17)15-6-2-1-3-7-15/h1-14H,(H,26,27). The monoisotopic (exact) mass is 368 g/mol. The Labute approximate surface area is 154 Å². The van der Waals surface area contributed by atoms with Gasteiger partial charge in [-0.05, 0) is 29.3 Å². The predicted molar refractivity (Wildman–Crippen MR) is 98.4 cm³/mol. The molecular formula is C21H15F3N2O. The Morgan fingerprint density at radius 2 is 1.41 bits per heavy atom. The van der Waals surface area contributed by atoms with Crippen LogP contribution in [-0.4, -0.2) is 12.1 Å². The van der Waals surface area contributed by atoms with Gasteiger partial charge >= 0.3 is 6.18 Å².